The average Bonchev–Trinajstić information content (AvgIpc) is 2.64. The summed E-state index contributed by atoms with van der Waals surface area (Å²) in [6.45, 7) is 0. The van der Waals surface area contributed by atoms with Crippen LogP contribution in [0.15, 0.2) is 24.4 Å². The molecule has 0 saturated carbocycles. The number of hydrogen-bond acceptors (Lipinski definition) is 3. The highest BCUT2D eigenvalue weighted by molar-refractivity contribution is 7.80. The molecule has 88 valence electrons. The van der Waals surface area contributed by atoms with E-state index in [4.69, 9.17) is 46.9 Å². The van der Waals surface area contributed by atoms with Crippen molar-refractivity contribution in [1.29, 1.82) is 0 Å². The summed E-state index contributed by atoms with van der Waals surface area (Å²) >= 11 is 16.8. The van der Waals surface area contributed by atoms with E-state index in [1.54, 1.807) is 24.4 Å². The maximum Gasteiger partial charge on any atom is 0.142 e. The Morgan fingerprint density at radius 3 is 2.65 bits per heavy atom. The maximum atomic E-state index is 6.05. The highest BCUT2D eigenvalue weighted by Gasteiger charge is 2.11. The molecule has 0 spiro atoms. The molecule has 0 amide bonds. The Morgan fingerprint density at radius 1 is 1.35 bits per heavy atom. The zero-order valence-electron chi connectivity index (χ0n) is 8.52. The second-order valence-electron chi connectivity index (χ2n) is 3.34. The summed E-state index contributed by atoms with van der Waals surface area (Å²) in [5.74, 6) is 0. The quantitative estimate of drug-likeness (QED) is 0.832. The van der Waals surface area contributed by atoms with E-state index in [0.29, 0.717) is 27.1 Å². The normalized spacial score (nSPS) is 10.5. The van der Waals surface area contributed by atoms with Crippen LogP contribution in [0.3, 0.4) is 0 Å². The summed E-state index contributed by atoms with van der Waals surface area (Å²) in [7, 11) is 0. The standard InChI is InChI=1S/C10H8Cl2N4S/c11-5-1-2-6(12)8(3-5)16-4-7(13)9(15-16)10(14)17/h1-4H,13H2,(H2,14,17). The predicted octanol–water partition coefficient (Wildman–Crippen LogP) is 2.40. The molecule has 1 aromatic carbocycles. The molecule has 0 unspecified atom stereocenters. The Morgan fingerprint density at radius 2 is 2.06 bits per heavy atom. The third-order valence-electron chi connectivity index (χ3n) is 2.13. The summed E-state index contributed by atoms with van der Waals surface area (Å²) < 4.78 is 1.50. The molecule has 7 heteroatoms. The van der Waals surface area contributed by atoms with Crippen LogP contribution in [0.25, 0.3) is 5.69 Å². The number of thiocarbonyl (C=S) groups is 1. The minimum Gasteiger partial charge on any atom is -0.396 e. The maximum absolute atomic E-state index is 6.05. The van der Waals surface area contributed by atoms with Gasteiger partial charge in [-0.2, -0.15) is 5.10 Å². The Kier molecular flexibility index (Phi) is 3.24. The second kappa shape index (κ2) is 4.52. The zero-order chi connectivity index (χ0) is 12.6. The fourth-order valence-electron chi connectivity index (χ4n) is 1.36. The van der Waals surface area contributed by atoms with Crippen molar-refractivity contribution in [2.24, 2.45) is 5.73 Å². The van der Waals surface area contributed by atoms with Crippen LogP contribution in [0.4, 0.5) is 5.69 Å². The fourth-order valence-corrected chi connectivity index (χ4v) is 1.89. The number of nitrogens with zero attached hydrogens (tertiary/aromatic N) is 2. The van der Waals surface area contributed by atoms with Gasteiger partial charge in [0.25, 0.3) is 0 Å². The molecule has 0 aliphatic heterocycles. The van der Waals surface area contributed by atoms with Gasteiger partial charge in [-0.25, -0.2) is 4.68 Å². The first-order valence-corrected chi connectivity index (χ1v) is 5.76. The number of halogens is 2. The van der Waals surface area contributed by atoms with E-state index in [1.807, 2.05) is 0 Å². The fraction of sp³-hybridized carbons (Fsp3) is 0. The minimum atomic E-state index is 0.138. The largest absolute Gasteiger partial charge is 0.396 e. The Balaban J connectivity index is 2.57. The van der Waals surface area contributed by atoms with Crippen molar-refractivity contribution in [3.8, 4) is 5.69 Å². The van der Waals surface area contributed by atoms with Crippen molar-refractivity contribution in [2.75, 3.05) is 5.73 Å². The number of aromatic nitrogens is 2. The lowest BCUT2D eigenvalue weighted by atomic mass is 10.3. The molecule has 0 aliphatic rings. The average molecular weight is 287 g/mol. The molecule has 1 aromatic heterocycles. The third-order valence-corrected chi connectivity index (χ3v) is 2.88. The van der Waals surface area contributed by atoms with Gasteiger partial charge in [-0.1, -0.05) is 35.4 Å². The van der Waals surface area contributed by atoms with Crippen LogP contribution >= 0.6 is 35.4 Å². The first-order chi connectivity index (χ1) is 7.99. The van der Waals surface area contributed by atoms with Crippen LogP contribution in [-0.2, 0) is 0 Å². The first-order valence-electron chi connectivity index (χ1n) is 4.59. The zero-order valence-corrected chi connectivity index (χ0v) is 10.9. The van der Waals surface area contributed by atoms with Crippen molar-refractivity contribution in [2.45, 2.75) is 0 Å². The smallest absolute Gasteiger partial charge is 0.142 e. The molecule has 0 aliphatic carbocycles. The monoisotopic (exact) mass is 286 g/mol. The van der Waals surface area contributed by atoms with Crippen LogP contribution in [-0.4, -0.2) is 14.8 Å². The van der Waals surface area contributed by atoms with Gasteiger partial charge in [0, 0.05) is 5.02 Å². The second-order valence-corrected chi connectivity index (χ2v) is 4.62. The molecule has 0 fully saturated rings. The van der Waals surface area contributed by atoms with Gasteiger partial charge in [-0.05, 0) is 18.2 Å². The van der Waals surface area contributed by atoms with Crippen LogP contribution in [0.2, 0.25) is 10.0 Å². The molecule has 0 atom stereocenters. The SMILES string of the molecule is NC(=S)c1nn(-c2cc(Cl)ccc2Cl)cc1N. The Bertz CT molecular complexity index is 594. The van der Waals surface area contributed by atoms with E-state index < -0.39 is 0 Å². The summed E-state index contributed by atoms with van der Waals surface area (Å²) in [5.41, 5.74) is 12.6. The lowest BCUT2D eigenvalue weighted by molar-refractivity contribution is 0.876. The van der Waals surface area contributed by atoms with Crippen molar-refractivity contribution >= 4 is 46.1 Å². The molecule has 0 bridgehead atoms. The number of rotatable bonds is 2. The molecule has 2 aromatic rings. The topological polar surface area (TPSA) is 69.9 Å². The van der Waals surface area contributed by atoms with E-state index in [9.17, 15) is 0 Å². The van der Waals surface area contributed by atoms with Gasteiger partial charge in [-0.15, -0.1) is 0 Å². The van der Waals surface area contributed by atoms with Crippen molar-refractivity contribution in [3.05, 3.63) is 40.1 Å². The molecule has 4 N–H and O–H groups in total. The van der Waals surface area contributed by atoms with Gasteiger partial charge >= 0.3 is 0 Å². The van der Waals surface area contributed by atoms with Crippen LogP contribution in [0, 0.1) is 0 Å². The van der Waals surface area contributed by atoms with E-state index in [2.05, 4.69) is 5.10 Å². The Labute approximate surface area is 113 Å². The number of benzene rings is 1. The summed E-state index contributed by atoms with van der Waals surface area (Å²) in [5, 5.41) is 5.22. The van der Waals surface area contributed by atoms with Gasteiger partial charge in [-0.3, -0.25) is 0 Å². The van der Waals surface area contributed by atoms with Crippen LogP contribution in [0.1, 0.15) is 5.69 Å². The first kappa shape index (κ1) is 12.2. The number of nitrogen functional groups attached to an aromatic ring is 1. The highest BCUT2D eigenvalue weighted by atomic mass is 35.5. The van der Waals surface area contributed by atoms with Gasteiger partial charge in [0.2, 0.25) is 0 Å². The minimum absolute atomic E-state index is 0.138. The number of nitrogens with two attached hydrogens (primary N) is 2. The molecular weight excluding hydrogens is 279 g/mol. The van der Waals surface area contributed by atoms with E-state index in [-0.39, 0.29) is 4.99 Å². The predicted molar refractivity (Wildman–Crippen MR) is 73.9 cm³/mol. The van der Waals surface area contributed by atoms with Gasteiger partial charge in [0.05, 0.1) is 22.6 Å². The van der Waals surface area contributed by atoms with Crippen LogP contribution < -0.4 is 11.5 Å². The van der Waals surface area contributed by atoms with E-state index in [0.717, 1.165) is 0 Å². The van der Waals surface area contributed by atoms with Crippen LogP contribution in [0.5, 0.6) is 0 Å². The highest BCUT2D eigenvalue weighted by Crippen LogP contribution is 2.25. The number of hydrogen-bond donors (Lipinski definition) is 2. The molecular formula is C10H8Cl2N4S. The van der Waals surface area contributed by atoms with Gasteiger partial charge < -0.3 is 11.5 Å². The van der Waals surface area contributed by atoms with Gasteiger partial charge in [0.15, 0.2) is 0 Å². The Hall–Kier alpha value is -1.30. The molecule has 4 nitrogen and oxygen atoms in total. The van der Waals surface area contributed by atoms with Crippen molar-refractivity contribution < 1.29 is 0 Å². The molecule has 2 rings (SSSR count). The van der Waals surface area contributed by atoms with Gasteiger partial charge in [0.1, 0.15) is 10.7 Å². The molecule has 17 heavy (non-hydrogen) atoms. The number of anilines is 1. The lowest BCUT2D eigenvalue weighted by Gasteiger charge is -2.04. The summed E-state index contributed by atoms with van der Waals surface area (Å²) in [6.07, 6.45) is 1.59. The summed E-state index contributed by atoms with van der Waals surface area (Å²) in [6, 6.07) is 5.05. The van der Waals surface area contributed by atoms with Crippen molar-refractivity contribution in [3.63, 3.8) is 0 Å². The van der Waals surface area contributed by atoms with E-state index >= 15 is 0 Å². The molecule has 0 saturated heterocycles. The lowest BCUT2D eigenvalue weighted by Crippen LogP contribution is -2.12. The van der Waals surface area contributed by atoms with E-state index in [1.165, 1.54) is 4.68 Å². The molecule has 0 radical (unpaired) electrons. The molecule has 1 heterocycles. The summed E-state index contributed by atoms with van der Waals surface area (Å²) in [4.78, 5) is 0.138. The van der Waals surface area contributed by atoms with Crippen molar-refractivity contribution in [1.82, 2.24) is 9.78 Å². The third kappa shape index (κ3) is 2.36.